The molecule has 0 aliphatic carbocycles. The first-order valence-corrected chi connectivity index (χ1v) is 10.00. The van der Waals surface area contributed by atoms with Gasteiger partial charge in [-0.1, -0.05) is 54.6 Å². The zero-order chi connectivity index (χ0) is 20.4. The van der Waals surface area contributed by atoms with E-state index in [1.807, 2.05) is 83.9 Å². The van der Waals surface area contributed by atoms with Crippen LogP contribution in [-0.4, -0.2) is 22.8 Å². The van der Waals surface area contributed by atoms with Crippen LogP contribution in [0.3, 0.4) is 0 Å². The lowest BCUT2D eigenvalue weighted by atomic mass is 9.85. The van der Waals surface area contributed by atoms with Crippen molar-refractivity contribution in [3.63, 3.8) is 0 Å². The fraction of sp³-hybridized carbons (Fsp3) is 0.160. The molecule has 0 spiro atoms. The summed E-state index contributed by atoms with van der Waals surface area (Å²) < 4.78 is 0. The van der Waals surface area contributed by atoms with Crippen molar-refractivity contribution < 1.29 is 9.59 Å². The van der Waals surface area contributed by atoms with E-state index in [2.05, 4.69) is 6.07 Å². The van der Waals surface area contributed by atoms with Gasteiger partial charge >= 0.3 is 0 Å². The smallest absolute Gasteiger partial charge is 0.240 e. The van der Waals surface area contributed by atoms with Gasteiger partial charge in [0.15, 0.2) is 0 Å². The maximum Gasteiger partial charge on any atom is 0.240 e. The highest BCUT2D eigenvalue weighted by atomic mass is 16.2. The van der Waals surface area contributed by atoms with Crippen LogP contribution in [0.25, 0.3) is 16.8 Å². The van der Waals surface area contributed by atoms with E-state index in [9.17, 15) is 14.9 Å². The van der Waals surface area contributed by atoms with Gasteiger partial charge in [0.1, 0.15) is 6.04 Å². The van der Waals surface area contributed by atoms with Gasteiger partial charge in [0.25, 0.3) is 0 Å². The van der Waals surface area contributed by atoms with Crippen LogP contribution in [-0.2, 0) is 9.59 Å². The van der Waals surface area contributed by atoms with Gasteiger partial charge in [-0.2, -0.15) is 5.26 Å². The maximum atomic E-state index is 13.6. The number of amides is 2. The summed E-state index contributed by atoms with van der Waals surface area (Å²) in [4.78, 5) is 30.3. The summed E-state index contributed by atoms with van der Waals surface area (Å²) in [7, 11) is 0. The molecule has 3 aliphatic heterocycles. The molecule has 3 aromatic carbocycles. The molecule has 144 valence electrons. The molecule has 5 heteroatoms. The van der Waals surface area contributed by atoms with Crippen LogP contribution in [0, 0.1) is 23.2 Å². The average molecular weight is 391 g/mol. The number of nitrogens with zero attached hydrogens (tertiary/aromatic N) is 3. The molecule has 0 saturated carbocycles. The lowest BCUT2D eigenvalue weighted by molar-refractivity contribution is -0.123. The van der Waals surface area contributed by atoms with E-state index in [0.717, 1.165) is 21.9 Å². The second-order valence-corrected chi connectivity index (χ2v) is 8.01. The van der Waals surface area contributed by atoms with E-state index >= 15 is 0 Å². The van der Waals surface area contributed by atoms with Gasteiger partial charge in [-0.05, 0) is 40.1 Å². The number of carbonyl (C=O) groups is 2. The van der Waals surface area contributed by atoms with Crippen LogP contribution in [0.15, 0.2) is 72.9 Å². The first-order chi connectivity index (χ1) is 14.7. The molecule has 2 saturated heterocycles. The Kier molecular flexibility index (Phi) is 3.42. The van der Waals surface area contributed by atoms with Gasteiger partial charge < -0.3 is 4.90 Å². The minimum absolute atomic E-state index is 0.224. The summed E-state index contributed by atoms with van der Waals surface area (Å²) in [6.45, 7) is 0. The molecule has 0 radical (unpaired) electrons. The highest BCUT2D eigenvalue weighted by Gasteiger charge is 2.63. The van der Waals surface area contributed by atoms with Gasteiger partial charge in [0.05, 0.1) is 29.6 Å². The predicted molar refractivity (Wildman–Crippen MR) is 113 cm³/mol. The van der Waals surface area contributed by atoms with Gasteiger partial charge in [-0.25, -0.2) is 4.90 Å². The fourth-order valence-corrected chi connectivity index (χ4v) is 5.28. The van der Waals surface area contributed by atoms with E-state index in [4.69, 9.17) is 0 Å². The Hall–Kier alpha value is -3.91. The lowest BCUT2D eigenvalue weighted by Crippen LogP contribution is -2.40. The largest absolute Gasteiger partial charge is 0.353 e. The summed E-state index contributed by atoms with van der Waals surface area (Å²) in [5.74, 6) is -1.75. The third kappa shape index (κ3) is 2.11. The number of carbonyl (C=O) groups excluding carboxylic acids is 2. The number of hydrogen-bond donors (Lipinski definition) is 0. The van der Waals surface area contributed by atoms with E-state index in [1.54, 1.807) is 0 Å². The number of fused-ring (bicyclic) bond motifs is 6. The zero-order valence-corrected chi connectivity index (χ0v) is 16.0. The first kappa shape index (κ1) is 17.0. The van der Waals surface area contributed by atoms with Gasteiger partial charge in [-0.15, -0.1) is 0 Å². The van der Waals surface area contributed by atoms with Crippen molar-refractivity contribution in [2.45, 2.75) is 12.1 Å². The molecule has 3 heterocycles. The van der Waals surface area contributed by atoms with Crippen molar-refractivity contribution in [1.82, 2.24) is 4.90 Å². The van der Waals surface area contributed by atoms with E-state index in [-0.39, 0.29) is 17.9 Å². The summed E-state index contributed by atoms with van der Waals surface area (Å²) in [6, 6.07) is 22.7. The number of nitriles is 1. The number of benzene rings is 3. The quantitative estimate of drug-likeness (QED) is 0.591. The van der Waals surface area contributed by atoms with Crippen LogP contribution < -0.4 is 4.90 Å². The normalized spacial score (nSPS) is 26.5. The van der Waals surface area contributed by atoms with Crippen LogP contribution in [0.2, 0.25) is 0 Å². The van der Waals surface area contributed by atoms with Crippen molar-refractivity contribution in [2.75, 3.05) is 4.90 Å². The molecule has 5 nitrogen and oxygen atoms in total. The van der Waals surface area contributed by atoms with E-state index < -0.39 is 17.9 Å². The highest BCUT2D eigenvalue weighted by molar-refractivity contribution is 6.23. The Bertz CT molecular complexity index is 1300. The molecule has 6 rings (SSSR count). The molecule has 30 heavy (non-hydrogen) atoms. The molecular formula is C25H17N3O2. The zero-order valence-electron chi connectivity index (χ0n) is 16.0. The molecule has 0 aromatic heterocycles. The number of anilines is 1. The van der Waals surface area contributed by atoms with Gasteiger partial charge in [0.2, 0.25) is 11.8 Å². The molecule has 0 N–H and O–H groups in total. The standard InChI is InChI=1S/C25H17N3O2/c26-14-20-21-22(23-19-8-4-3-6-16(19)11-12-27(20)23)25(30)28(24(21)29)18-10-9-15-5-1-2-7-17(15)13-18/h1-13,20-23H/t20-,21+,22+,23-/m0/s1. The summed E-state index contributed by atoms with van der Waals surface area (Å²) in [6.07, 6.45) is 3.81. The molecule has 0 unspecified atom stereocenters. The van der Waals surface area contributed by atoms with Crippen molar-refractivity contribution >= 4 is 34.4 Å². The highest BCUT2D eigenvalue weighted by Crippen LogP contribution is 2.52. The topological polar surface area (TPSA) is 64.4 Å². The molecule has 4 atom stereocenters. The fourth-order valence-electron chi connectivity index (χ4n) is 5.28. The Morgan fingerprint density at radius 1 is 0.833 bits per heavy atom. The Labute approximate surface area is 173 Å². The molecule has 2 fully saturated rings. The minimum Gasteiger partial charge on any atom is -0.353 e. The molecule has 3 aliphatic rings. The predicted octanol–water partition coefficient (Wildman–Crippen LogP) is 3.88. The van der Waals surface area contributed by atoms with Gasteiger partial charge in [-0.3, -0.25) is 9.59 Å². The monoisotopic (exact) mass is 391 g/mol. The Morgan fingerprint density at radius 2 is 1.57 bits per heavy atom. The van der Waals surface area contributed by atoms with Gasteiger partial charge in [0, 0.05) is 6.20 Å². The summed E-state index contributed by atoms with van der Waals surface area (Å²) in [5, 5.41) is 11.9. The van der Waals surface area contributed by atoms with Crippen LogP contribution in [0.5, 0.6) is 0 Å². The maximum absolute atomic E-state index is 13.6. The van der Waals surface area contributed by atoms with Crippen molar-refractivity contribution in [3.05, 3.63) is 84.1 Å². The lowest BCUT2D eigenvalue weighted by Gasteiger charge is -2.33. The summed E-state index contributed by atoms with van der Waals surface area (Å²) >= 11 is 0. The molecule has 2 amide bonds. The minimum atomic E-state index is -0.672. The first-order valence-electron chi connectivity index (χ1n) is 10.00. The van der Waals surface area contributed by atoms with Crippen LogP contribution in [0.4, 0.5) is 5.69 Å². The third-order valence-electron chi connectivity index (χ3n) is 6.59. The van der Waals surface area contributed by atoms with E-state index in [1.165, 1.54) is 4.90 Å². The molecular weight excluding hydrogens is 374 g/mol. The number of rotatable bonds is 1. The van der Waals surface area contributed by atoms with E-state index in [0.29, 0.717) is 5.69 Å². The SMILES string of the molecule is N#C[C@H]1[C@H]2C(=O)N(c3ccc4ccccc4c3)C(=O)[C@H]2[C@@H]2c3ccccc3C=CN12. The molecule has 0 bridgehead atoms. The Balaban J connectivity index is 1.48. The van der Waals surface area contributed by atoms with Crippen molar-refractivity contribution in [3.8, 4) is 6.07 Å². The Morgan fingerprint density at radius 3 is 2.40 bits per heavy atom. The average Bonchev–Trinajstić information content (AvgIpc) is 3.25. The van der Waals surface area contributed by atoms with Crippen molar-refractivity contribution in [2.24, 2.45) is 11.8 Å². The summed E-state index contributed by atoms with van der Waals surface area (Å²) in [5.41, 5.74) is 2.59. The second-order valence-electron chi connectivity index (χ2n) is 8.01. The van der Waals surface area contributed by atoms with Crippen LogP contribution >= 0.6 is 0 Å². The number of hydrogen-bond acceptors (Lipinski definition) is 4. The number of imide groups is 1. The van der Waals surface area contributed by atoms with Crippen LogP contribution in [0.1, 0.15) is 17.2 Å². The molecule has 3 aromatic rings. The third-order valence-corrected chi connectivity index (χ3v) is 6.59. The second kappa shape index (κ2) is 6.04. The van der Waals surface area contributed by atoms with Crippen molar-refractivity contribution in [1.29, 1.82) is 5.26 Å².